The summed E-state index contributed by atoms with van der Waals surface area (Å²) >= 11 is 0. The van der Waals surface area contributed by atoms with Crippen molar-refractivity contribution in [3.8, 4) is 5.75 Å². The molecule has 0 saturated carbocycles. The van der Waals surface area contributed by atoms with Crippen molar-refractivity contribution < 1.29 is 14.3 Å². The minimum Gasteiger partial charge on any atom is -0.491 e. The van der Waals surface area contributed by atoms with Gasteiger partial charge in [-0.05, 0) is 49.6 Å². The summed E-state index contributed by atoms with van der Waals surface area (Å²) in [7, 11) is 1.84. The van der Waals surface area contributed by atoms with Crippen LogP contribution >= 0.6 is 0 Å². The topological polar surface area (TPSA) is 38.8 Å². The average molecular weight is 339 g/mol. The van der Waals surface area contributed by atoms with Crippen LogP contribution in [0.5, 0.6) is 5.75 Å². The molecular weight excluding hydrogens is 314 g/mol. The van der Waals surface area contributed by atoms with E-state index in [2.05, 4.69) is 0 Å². The van der Waals surface area contributed by atoms with Crippen LogP contribution < -0.4 is 4.74 Å². The third-order valence-electron chi connectivity index (χ3n) is 4.74. The highest BCUT2D eigenvalue weighted by Crippen LogP contribution is 2.22. The minimum absolute atomic E-state index is 0.00188. The van der Waals surface area contributed by atoms with Crippen molar-refractivity contribution in [3.63, 3.8) is 0 Å². The fraction of sp³-hybridized carbons (Fsp3) is 0.381. The molecule has 4 heteroatoms. The molecule has 1 amide bonds. The second-order valence-corrected chi connectivity index (χ2v) is 6.47. The van der Waals surface area contributed by atoms with Gasteiger partial charge in [0.1, 0.15) is 12.4 Å². The summed E-state index contributed by atoms with van der Waals surface area (Å²) in [6, 6.07) is 17.4. The summed E-state index contributed by atoms with van der Waals surface area (Å²) in [5.74, 6) is 0.771. The number of benzene rings is 2. The van der Waals surface area contributed by atoms with Gasteiger partial charge in [0, 0.05) is 19.2 Å². The maximum atomic E-state index is 12.7. The fourth-order valence-electron chi connectivity index (χ4n) is 2.99. The lowest BCUT2D eigenvalue weighted by Gasteiger charge is -2.25. The molecule has 0 N–H and O–H groups in total. The molecule has 2 atom stereocenters. The van der Waals surface area contributed by atoms with Gasteiger partial charge in [-0.1, -0.05) is 30.3 Å². The summed E-state index contributed by atoms with van der Waals surface area (Å²) in [4.78, 5) is 14.5. The Morgan fingerprint density at radius 2 is 1.92 bits per heavy atom. The quantitative estimate of drug-likeness (QED) is 0.796. The normalized spacial score (nSPS) is 17.9. The van der Waals surface area contributed by atoms with E-state index < -0.39 is 0 Å². The van der Waals surface area contributed by atoms with Crippen molar-refractivity contribution in [3.05, 3.63) is 65.7 Å². The molecule has 2 unspecified atom stereocenters. The van der Waals surface area contributed by atoms with Gasteiger partial charge < -0.3 is 14.4 Å². The van der Waals surface area contributed by atoms with Crippen molar-refractivity contribution in [2.45, 2.75) is 31.9 Å². The zero-order chi connectivity index (χ0) is 17.6. The van der Waals surface area contributed by atoms with Crippen LogP contribution in [0.3, 0.4) is 0 Å². The molecule has 3 rings (SSSR count). The Bertz CT molecular complexity index is 678. The number of carbonyl (C=O) groups is 1. The fourth-order valence-corrected chi connectivity index (χ4v) is 2.99. The van der Waals surface area contributed by atoms with Gasteiger partial charge in [-0.15, -0.1) is 0 Å². The van der Waals surface area contributed by atoms with Crippen LogP contribution in [0, 0.1) is 0 Å². The van der Waals surface area contributed by atoms with E-state index in [0.717, 1.165) is 30.8 Å². The summed E-state index contributed by atoms with van der Waals surface area (Å²) in [6.45, 7) is 3.43. The highest BCUT2D eigenvalue weighted by molar-refractivity contribution is 5.94. The Labute approximate surface area is 149 Å². The van der Waals surface area contributed by atoms with Gasteiger partial charge in [-0.25, -0.2) is 0 Å². The zero-order valence-corrected chi connectivity index (χ0v) is 14.9. The molecule has 0 aromatic heterocycles. The van der Waals surface area contributed by atoms with E-state index in [1.165, 1.54) is 0 Å². The first-order valence-corrected chi connectivity index (χ1v) is 8.81. The van der Waals surface area contributed by atoms with Gasteiger partial charge in [0.15, 0.2) is 0 Å². The Balaban J connectivity index is 1.59. The number of ether oxygens (including phenoxy) is 2. The molecule has 1 fully saturated rings. The van der Waals surface area contributed by atoms with E-state index in [1.807, 2.05) is 68.6 Å². The van der Waals surface area contributed by atoms with Crippen LogP contribution in [0.1, 0.15) is 41.7 Å². The molecule has 1 saturated heterocycles. The van der Waals surface area contributed by atoms with E-state index in [9.17, 15) is 4.79 Å². The van der Waals surface area contributed by atoms with Crippen molar-refractivity contribution in [2.24, 2.45) is 0 Å². The molecule has 2 aromatic rings. The number of nitrogens with zero attached hydrogens (tertiary/aromatic N) is 1. The Morgan fingerprint density at radius 1 is 1.20 bits per heavy atom. The summed E-state index contributed by atoms with van der Waals surface area (Å²) in [5, 5.41) is 0. The third-order valence-corrected chi connectivity index (χ3v) is 4.74. The summed E-state index contributed by atoms with van der Waals surface area (Å²) < 4.78 is 11.3. The molecule has 4 nitrogen and oxygen atoms in total. The van der Waals surface area contributed by atoms with Gasteiger partial charge in [0.05, 0.1) is 12.1 Å². The van der Waals surface area contributed by atoms with Crippen molar-refractivity contribution in [2.75, 3.05) is 20.3 Å². The smallest absolute Gasteiger partial charge is 0.254 e. The molecule has 0 spiro atoms. The maximum Gasteiger partial charge on any atom is 0.254 e. The first kappa shape index (κ1) is 17.5. The Morgan fingerprint density at radius 3 is 2.56 bits per heavy atom. The van der Waals surface area contributed by atoms with E-state index in [-0.39, 0.29) is 18.1 Å². The van der Waals surface area contributed by atoms with Gasteiger partial charge >= 0.3 is 0 Å². The Hall–Kier alpha value is -2.33. The second-order valence-electron chi connectivity index (χ2n) is 6.47. The van der Waals surface area contributed by atoms with Crippen LogP contribution in [-0.4, -0.2) is 37.2 Å². The summed E-state index contributed by atoms with van der Waals surface area (Å²) in [6.07, 6.45) is 2.35. The monoisotopic (exact) mass is 339 g/mol. The van der Waals surface area contributed by atoms with Gasteiger partial charge in [0.2, 0.25) is 0 Å². The number of carbonyl (C=O) groups excluding carboxylic acids is 1. The van der Waals surface area contributed by atoms with Crippen LogP contribution in [0.4, 0.5) is 0 Å². The molecule has 0 aliphatic carbocycles. The lowest BCUT2D eigenvalue weighted by molar-refractivity contribution is 0.0678. The number of hydrogen-bond acceptors (Lipinski definition) is 3. The molecule has 132 valence electrons. The number of rotatable bonds is 6. The molecule has 2 aromatic carbocycles. The maximum absolute atomic E-state index is 12.7. The molecule has 0 bridgehead atoms. The number of amides is 1. The first-order valence-electron chi connectivity index (χ1n) is 8.81. The highest BCUT2D eigenvalue weighted by Gasteiger charge is 2.19. The minimum atomic E-state index is 0.00188. The van der Waals surface area contributed by atoms with Gasteiger partial charge in [-0.2, -0.15) is 0 Å². The van der Waals surface area contributed by atoms with E-state index >= 15 is 0 Å². The molecule has 25 heavy (non-hydrogen) atoms. The van der Waals surface area contributed by atoms with E-state index in [1.54, 1.807) is 4.90 Å². The Kier molecular flexibility index (Phi) is 5.71. The van der Waals surface area contributed by atoms with Crippen molar-refractivity contribution in [1.29, 1.82) is 0 Å². The second kappa shape index (κ2) is 8.17. The van der Waals surface area contributed by atoms with Crippen LogP contribution in [0.15, 0.2) is 54.6 Å². The molecule has 1 heterocycles. The SMILES string of the molecule is CC(c1ccccc1)N(C)C(=O)c1ccc(OCC2CCCO2)cc1. The molecule has 1 aliphatic heterocycles. The predicted molar refractivity (Wildman–Crippen MR) is 97.9 cm³/mol. The van der Waals surface area contributed by atoms with Gasteiger partial charge in [0.25, 0.3) is 5.91 Å². The predicted octanol–water partition coefficient (Wildman–Crippen LogP) is 4.08. The standard InChI is InChI=1S/C21H25NO3/c1-16(17-7-4-3-5-8-17)22(2)21(23)18-10-12-19(13-11-18)25-15-20-9-6-14-24-20/h3-5,7-8,10-13,16,20H,6,9,14-15H2,1-2H3. The summed E-state index contributed by atoms with van der Waals surface area (Å²) in [5.41, 5.74) is 1.78. The first-order chi connectivity index (χ1) is 12.1. The van der Waals surface area contributed by atoms with Crippen molar-refractivity contribution >= 4 is 5.91 Å². The lowest BCUT2D eigenvalue weighted by atomic mass is 10.1. The van der Waals surface area contributed by atoms with Crippen LogP contribution in [0.2, 0.25) is 0 Å². The van der Waals surface area contributed by atoms with Gasteiger partial charge in [-0.3, -0.25) is 4.79 Å². The molecular formula is C21H25NO3. The highest BCUT2D eigenvalue weighted by atomic mass is 16.5. The molecule has 1 aliphatic rings. The third kappa shape index (κ3) is 4.40. The lowest BCUT2D eigenvalue weighted by Crippen LogP contribution is -2.29. The van der Waals surface area contributed by atoms with E-state index in [0.29, 0.717) is 12.2 Å². The zero-order valence-electron chi connectivity index (χ0n) is 14.9. The largest absolute Gasteiger partial charge is 0.491 e. The van der Waals surface area contributed by atoms with Crippen molar-refractivity contribution in [1.82, 2.24) is 4.90 Å². The number of hydrogen-bond donors (Lipinski definition) is 0. The van der Waals surface area contributed by atoms with E-state index in [4.69, 9.17) is 9.47 Å². The average Bonchev–Trinajstić information content (AvgIpc) is 3.19. The van der Waals surface area contributed by atoms with Crippen LogP contribution in [0.25, 0.3) is 0 Å². The van der Waals surface area contributed by atoms with Crippen LogP contribution in [-0.2, 0) is 4.74 Å². The molecule has 0 radical (unpaired) electrons.